The SMILES string of the molecule is O=C(Cn1cnnn1)NCCC1CCN(C(=O)C2Cc3ccccc3O2)CC1. The predicted octanol–water partition coefficient (Wildman–Crippen LogP) is 0.422. The van der Waals surface area contributed by atoms with Crippen LogP contribution in [0, 0.1) is 5.92 Å². The average molecular weight is 384 g/mol. The first-order chi connectivity index (χ1) is 13.7. The third kappa shape index (κ3) is 4.29. The van der Waals surface area contributed by atoms with Gasteiger partial charge in [-0.3, -0.25) is 9.59 Å². The van der Waals surface area contributed by atoms with E-state index in [9.17, 15) is 9.59 Å². The highest BCUT2D eigenvalue weighted by Gasteiger charge is 2.33. The van der Waals surface area contributed by atoms with Crippen molar-refractivity contribution in [2.45, 2.75) is 38.3 Å². The summed E-state index contributed by atoms with van der Waals surface area (Å²) in [6, 6.07) is 7.84. The van der Waals surface area contributed by atoms with Gasteiger partial charge in [-0.2, -0.15) is 0 Å². The number of tetrazole rings is 1. The standard InChI is InChI=1S/C19H24N6O3/c26-18(12-25-13-21-22-23-25)20-8-5-14-6-9-24(10-7-14)19(27)17-11-15-3-1-2-4-16(15)28-17/h1-4,13-14,17H,5-12H2,(H,20,26). The van der Waals surface area contributed by atoms with Crippen molar-refractivity contribution in [1.29, 1.82) is 0 Å². The molecule has 28 heavy (non-hydrogen) atoms. The number of hydrogen-bond acceptors (Lipinski definition) is 6. The highest BCUT2D eigenvalue weighted by molar-refractivity contribution is 5.82. The molecule has 2 aromatic rings. The minimum atomic E-state index is -0.389. The van der Waals surface area contributed by atoms with E-state index < -0.39 is 0 Å². The number of nitrogens with zero attached hydrogens (tertiary/aromatic N) is 5. The van der Waals surface area contributed by atoms with Crippen LogP contribution < -0.4 is 10.1 Å². The van der Waals surface area contributed by atoms with Crippen molar-refractivity contribution < 1.29 is 14.3 Å². The minimum absolute atomic E-state index is 0.0874. The molecule has 0 spiro atoms. The Morgan fingerprint density at radius 2 is 2.04 bits per heavy atom. The van der Waals surface area contributed by atoms with Crippen molar-refractivity contribution >= 4 is 11.8 Å². The van der Waals surface area contributed by atoms with E-state index in [-0.39, 0.29) is 24.5 Å². The fourth-order valence-corrected chi connectivity index (χ4v) is 3.84. The molecule has 1 saturated heterocycles. The lowest BCUT2D eigenvalue weighted by Crippen LogP contribution is -2.45. The second-order valence-electron chi connectivity index (χ2n) is 7.33. The summed E-state index contributed by atoms with van der Waals surface area (Å²) in [5.74, 6) is 1.33. The van der Waals surface area contributed by atoms with E-state index in [0.717, 1.165) is 43.7 Å². The second kappa shape index (κ2) is 8.37. The smallest absolute Gasteiger partial charge is 0.263 e. The Balaban J connectivity index is 1.16. The van der Waals surface area contributed by atoms with Crippen LogP contribution in [0.15, 0.2) is 30.6 Å². The number of rotatable bonds is 6. The van der Waals surface area contributed by atoms with Crippen molar-refractivity contribution in [3.05, 3.63) is 36.2 Å². The Morgan fingerprint density at radius 1 is 1.21 bits per heavy atom. The number of carbonyl (C=O) groups is 2. The maximum atomic E-state index is 12.8. The molecule has 0 bridgehead atoms. The first-order valence-corrected chi connectivity index (χ1v) is 9.70. The molecule has 148 valence electrons. The quantitative estimate of drug-likeness (QED) is 0.775. The van der Waals surface area contributed by atoms with Crippen LogP contribution in [0.5, 0.6) is 5.75 Å². The number of amides is 2. The molecule has 1 aromatic heterocycles. The molecule has 9 nitrogen and oxygen atoms in total. The van der Waals surface area contributed by atoms with Crippen LogP contribution in [0.3, 0.4) is 0 Å². The molecule has 1 N–H and O–H groups in total. The van der Waals surface area contributed by atoms with Crippen LogP contribution >= 0.6 is 0 Å². The van der Waals surface area contributed by atoms with Crippen LogP contribution in [0.1, 0.15) is 24.8 Å². The van der Waals surface area contributed by atoms with Gasteiger partial charge in [-0.15, -0.1) is 5.10 Å². The highest BCUT2D eigenvalue weighted by atomic mass is 16.5. The molecule has 4 rings (SSSR count). The van der Waals surface area contributed by atoms with Crippen molar-refractivity contribution in [2.24, 2.45) is 5.92 Å². The van der Waals surface area contributed by atoms with E-state index in [4.69, 9.17) is 4.74 Å². The number of fused-ring (bicyclic) bond motifs is 1. The molecule has 1 fully saturated rings. The van der Waals surface area contributed by atoms with Gasteiger partial charge in [-0.05, 0) is 47.2 Å². The van der Waals surface area contributed by atoms with Crippen molar-refractivity contribution in [2.75, 3.05) is 19.6 Å². The second-order valence-corrected chi connectivity index (χ2v) is 7.33. The van der Waals surface area contributed by atoms with Crippen LogP contribution in [-0.4, -0.2) is 62.7 Å². The van der Waals surface area contributed by atoms with Crippen LogP contribution in [-0.2, 0) is 22.6 Å². The van der Waals surface area contributed by atoms with E-state index >= 15 is 0 Å². The Morgan fingerprint density at radius 3 is 2.79 bits per heavy atom. The summed E-state index contributed by atoms with van der Waals surface area (Å²) in [6.07, 6.45) is 4.50. The minimum Gasteiger partial charge on any atom is -0.480 e. The van der Waals surface area contributed by atoms with Gasteiger partial charge in [0.2, 0.25) is 5.91 Å². The molecule has 3 heterocycles. The Labute approximate surface area is 163 Å². The van der Waals surface area contributed by atoms with Gasteiger partial charge in [0.25, 0.3) is 5.91 Å². The molecule has 9 heteroatoms. The normalized spacial score (nSPS) is 19.1. The highest BCUT2D eigenvalue weighted by Crippen LogP contribution is 2.30. The number of ether oxygens (including phenoxy) is 1. The topological polar surface area (TPSA) is 102 Å². The summed E-state index contributed by atoms with van der Waals surface area (Å²) in [5, 5.41) is 13.6. The van der Waals surface area contributed by atoms with Crippen LogP contribution in [0.25, 0.3) is 0 Å². The van der Waals surface area contributed by atoms with Gasteiger partial charge in [0.15, 0.2) is 6.10 Å². The van der Waals surface area contributed by atoms with E-state index in [2.05, 4.69) is 20.8 Å². The van der Waals surface area contributed by atoms with Gasteiger partial charge in [0, 0.05) is 26.1 Å². The largest absolute Gasteiger partial charge is 0.480 e. The van der Waals surface area contributed by atoms with Crippen LogP contribution in [0.2, 0.25) is 0 Å². The summed E-state index contributed by atoms with van der Waals surface area (Å²) in [7, 11) is 0. The fraction of sp³-hybridized carbons (Fsp3) is 0.526. The van der Waals surface area contributed by atoms with E-state index in [1.807, 2.05) is 29.2 Å². The number of likely N-dealkylation sites (tertiary alicyclic amines) is 1. The van der Waals surface area contributed by atoms with Crippen molar-refractivity contribution in [1.82, 2.24) is 30.4 Å². The lowest BCUT2D eigenvalue weighted by Gasteiger charge is -2.33. The van der Waals surface area contributed by atoms with Gasteiger partial charge in [0.05, 0.1) is 0 Å². The maximum absolute atomic E-state index is 12.8. The van der Waals surface area contributed by atoms with E-state index in [1.165, 1.54) is 11.0 Å². The van der Waals surface area contributed by atoms with Crippen molar-refractivity contribution in [3.63, 3.8) is 0 Å². The molecule has 0 aliphatic carbocycles. The van der Waals surface area contributed by atoms with Gasteiger partial charge < -0.3 is 15.0 Å². The zero-order valence-corrected chi connectivity index (χ0v) is 15.7. The number of hydrogen-bond donors (Lipinski definition) is 1. The molecule has 1 atom stereocenters. The third-order valence-electron chi connectivity index (χ3n) is 5.42. The summed E-state index contributed by atoms with van der Waals surface area (Å²) >= 11 is 0. The Kier molecular flexibility index (Phi) is 5.50. The zero-order chi connectivity index (χ0) is 19.3. The predicted molar refractivity (Wildman–Crippen MR) is 99.3 cm³/mol. The molecule has 1 aromatic carbocycles. The number of nitrogens with one attached hydrogen (secondary N) is 1. The lowest BCUT2D eigenvalue weighted by molar-refractivity contribution is -0.139. The maximum Gasteiger partial charge on any atom is 0.263 e. The number of carbonyl (C=O) groups excluding carboxylic acids is 2. The number of para-hydroxylation sites is 1. The van der Waals surface area contributed by atoms with Crippen LogP contribution in [0.4, 0.5) is 0 Å². The summed E-state index contributed by atoms with van der Waals surface area (Å²) < 4.78 is 7.22. The van der Waals surface area contributed by atoms with Gasteiger partial charge in [0.1, 0.15) is 18.6 Å². The molecule has 2 amide bonds. The number of piperidine rings is 1. The lowest BCUT2D eigenvalue weighted by atomic mass is 9.93. The van der Waals surface area contributed by atoms with E-state index in [1.54, 1.807) is 0 Å². The number of benzene rings is 1. The van der Waals surface area contributed by atoms with E-state index in [0.29, 0.717) is 18.9 Å². The molecular formula is C19H24N6O3. The first-order valence-electron chi connectivity index (χ1n) is 9.70. The zero-order valence-electron chi connectivity index (χ0n) is 15.7. The average Bonchev–Trinajstić information content (AvgIpc) is 3.37. The Bertz CT molecular complexity index is 792. The van der Waals surface area contributed by atoms with Crippen molar-refractivity contribution in [3.8, 4) is 5.75 Å². The molecule has 0 saturated carbocycles. The molecule has 0 radical (unpaired) electrons. The van der Waals surface area contributed by atoms with Gasteiger partial charge in [-0.25, -0.2) is 4.68 Å². The molecule has 2 aliphatic rings. The summed E-state index contributed by atoms with van der Waals surface area (Å²) in [5.41, 5.74) is 1.10. The summed E-state index contributed by atoms with van der Waals surface area (Å²) in [4.78, 5) is 26.5. The fourth-order valence-electron chi connectivity index (χ4n) is 3.84. The molecule has 2 aliphatic heterocycles. The third-order valence-corrected chi connectivity index (χ3v) is 5.42. The first kappa shape index (κ1) is 18.4. The molecular weight excluding hydrogens is 360 g/mol. The Hall–Kier alpha value is -2.97. The summed E-state index contributed by atoms with van der Waals surface area (Å²) in [6.45, 7) is 2.25. The monoisotopic (exact) mass is 384 g/mol. The molecule has 1 unspecified atom stereocenters. The van der Waals surface area contributed by atoms with Gasteiger partial charge in [-0.1, -0.05) is 18.2 Å². The number of aromatic nitrogens is 4. The van der Waals surface area contributed by atoms with Gasteiger partial charge >= 0.3 is 0 Å².